The molecule has 0 aromatic heterocycles. The van der Waals surface area contributed by atoms with Gasteiger partial charge in [-0.05, 0) is 25.1 Å². The Morgan fingerprint density at radius 2 is 2.06 bits per heavy atom. The van der Waals surface area contributed by atoms with Gasteiger partial charge in [-0.15, -0.1) is 0 Å². The van der Waals surface area contributed by atoms with Crippen LogP contribution in [0.2, 0.25) is 0 Å². The summed E-state index contributed by atoms with van der Waals surface area (Å²) in [6, 6.07) is 10.2. The normalized spacial score (nSPS) is 11.8. The van der Waals surface area contributed by atoms with Gasteiger partial charge in [-0.25, -0.2) is 0 Å². The summed E-state index contributed by atoms with van der Waals surface area (Å²) < 4.78 is 0. The van der Waals surface area contributed by atoms with Gasteiger partial charge in [-0.3, -0.25) is 4.99 Å². The number of benzene rings is 1. The minimum Gasteiger partial charge on any atom is -0.381 e. The Kier molecular flexibility index (Phi) is 5.86. The first kappa shape index (κ1) is 13.3. The van der Waals surface area contributed by atoms with Crippen molar-refractivity contribution in [3.63, 3.8) is 0 Å². The lowest BCUT2D eigenvalue weighted by molar-refractivity contribution is 0.484. The second kappa shape index (κ2) is 7.49. The molecule has 0 fully saturated rings. The van der Waals surface area contributed by atoms with Crippen LogP contribution in [0.3, 0.4) is 0 Å². The molecule has 0 spiro atoms. The van der Waals surface area contributed by atoms with E-state index in [0.717, 1.165) is 24.5 Å². The second-order valence-electron chi connectivity index (χ2n) is 3.82. The zero-order chi connectivity index (χ0) is 12.5. The summed E-state index contributed by atoms with van der Waals surface area (Å²) in [5.41, 5.74) is 2.15. The molecule has 0 unspecified atom stereocenters. The fraction of sp³-hybridized carbons (Fsp3) is 0.357. The van der Waals surface area contributed by atoms with Crippen LogP contribution in [0.4, 0.5) is 5.69 Å². The Bertz CT molecular complexity index is 368. The largest absolute Gasteiger partial charge is 0.381 e. The van der Waals surface area contributed by atoms with E-state index in [2.05, 4.69) is 47.5 Å². The number of hydrogen-bond acceptors (Lipinski definition) is 3. The first-order valence-electron chi connectivity index (χ1n) is 5.89. The van der Waals surface area contributed by atoms with Gasteiger partial charge in [-0.1, -0.05) is 18.2 Å². The molecule has 0 aliphatic heterocycles. The molecule has 3 nitrogen and oxygen atoms in total. The maximum Gasteiger partial charge on any atom is 0.0569 e. The summed E-state index contributed by atoms with van der Waals surface area (Å²) in [5, 5.41) is 3.34. The quantitative estimate of drug-likeness (QED) is 0.762. The molecule has 0 atom stereocenters. The van der Waals surface area contributed by atoms with E-state index in [1.54, 1.807) is 0 Å². The van der Waals surface area contributed by atoms with E-state index in [0.29, 0.717) is 0 Å². The van der Waals surface area contributed by atoms with Crippen LogP contribution < -0.4 is 5.32 Å². The number of hydrogen-bond donors (Lipinski definition) is 1. The zero-order valence-corrected chi connectivity index (χ0v) is 10.9. The number of anilines is 1. The van der Waals surface area contributed by atoms with Gasteiger partial charge in [0.2, 0.25) is 0 Å². The van der Waals surface area contributed by atoms with Crippen LogP contribution >= 0.6 is 0 Å². The van der Waals surface area contributed by atoms with E-state index in [1.165, 1.54) is 0 Å². The maximum atomic E-state index is 4.25. The van der Waals surface area contributed by atoms with Crippen LogP contribution in [0.5, 0.6) is 0 Å². The summed E-state index contributed by atoms with van der Waals surface area (Å²) in [5.74, 6) is 0. The van der Waals surface area contributed by atoms with Crippen LogP contribution in [0.1, 0.15) is 6.92 Å². The zero-order valence-electron chi connectivity index (χ0n) is 10.9. The number of nitrogens with zero attached hydrogens (tertiary/aromatic N) is 2. The van der Waals surface area contributed by atoms with Crippen molar-refractivity contribution in [1.29, 1.82) is 0 Å². The lowest BCUT2D eigenvalue weighted by Gasteiger charge is -2.10. The Labute approximate surface area is 104 Å². The van der Waals surface area contributed by atoms with Crippen LogP contribution in [-0.2, 0) is 0 Å². The molecule has 0 amide bonds. The molecule has 1 rings (SSSR count). The molecule has 0 saturated carbocycles. The van der Waals surface area contributed by atoms with Gasteiger partial charge in [0.1, 0.15) is 0 Å². The standard InChI is InChI=1S/C14H21N3/c1-4-17(3)11-10-14(15-2)12-16-13-8-6-5-7-9-13/h5-11,16H,4,12H2,1-3H3/b11-10-,15-14?. The van der Waals surface area contributed by atoms with E-state index < -0.39 is 0 Å². The van der Waals surface area contributed by atoms with Gasteiger partial charge in [0.15, 0.2) is 0 Å². The molecule has 0 heterocycles. The van der Waals surface area contributed by atoms with Crippen LogP contribution in [-0.4, -0.2) is 37.8 Å². The molecule has 0 saturated heterocycles. The molecular weight excluding hydrogens is 210 g/mol. The minimum atomic E-state index is 0.745. The monoisotopic (exact) mass is 231 g/mol. The summed E-state index contributed by atoms with van der Waals surface area (Å²) in [6.45, 7) is 3.86. The predicted octanol–water partition coefficient (Wildman–Crippen LogP) is 2.63. The molecule has 92 valence electrons. The third-order valence-corrected chi connectivity index (χ3v) is 2.55. The topological polar surface area (TPSA) is 27.6 Å². The number of rotatable bonds is 6. The number of nitrogens with one attached hydrogen (secondary N) is 1. The van der Waals surface area contributed by atoms with Crippen molar-refractivity contribution >= 4 is 11.4 Å². The Morgan fingerprint density at radius 1 is 1.35 bits per heavy atom. The lowest BCUT2D eigenvalue weighted by atomic mass is 10.3. The van der Waals surface area contributed by atoms with Gasteiger partial charge in [-0.2, -0.15) is 0 Å². The molecule has 0 bridgehead atoms. The Hall–Kier alpha value is -1.77. The summed E-state index contributed by atoms with van der Waals surface area (Å²) in [7, 11) is 3.87. The first-order chi connectivity index (χ1) is 8.26. The van der Waals surface area contributed by atoms with Crippen LogP contribution in [0.25, 0.3) is 0 Å². The van der Waals surface area contributed by atoms with E-state index in [-0.39, 0.29) is 0 Å². The molecule has 1 aromatic rings. The van der Waals surface area contributed by atoms with Crippen molar-refractivity contribution in [3.8, 4) is 0 Å². The Balaban J connectivity index is 2.46. The van der Waals surface area contributed by atoms with Gasteiger partial charge in [0.05, 0.1) is 12.3 Å². The third-order valence-electron chi connectivity index (χ3n) is 2.55. The molecule has 0 aliphatic rings. The van der Waals surface area contributed by atoms with Crippen LogP contribution in [0.15, 0.2) is 47.6 Å². The van der Waals surface area contributed by atoms with Crippen molar-refractivity contribution in [2.75, 3.05) is 32.5 Å². The molecule has 17 heavy (non-hydrogen) atoms. The van der Waals surface area contributed by atoms with Crippen molar-refractivity contribution in [1.82, 2.24) is 4.90 Å². The van der Waals surface area contributed by atoms with Crippen molar-refractivity contribution in [2.24, 2.45) is 4.99 Å². The third kappa shape index (κ3) is 5.20. The fourth-order valence-corrected chi connectivity index (χ4v) is 1.28. The van der Waals surface area contributed by atoms with E-state index >= 15 is 0 Å². The summed E-state index contributed by atoms with van der Waals surface area (Å²) in [6.07, 6.45) is 4.09. The van der Waals surface area contributed by atoms with Gasteiger partial charge < -0.3 is 10.2 Å². The maximum absolute atomic E-state index is 4.25. The lowest BCUT2D eigenvalue weighted by Crippen LogP contribution is -2.14. The molecule has 0 aliphatic carbocycles. The first-order valence-corrected chi connectivity index (χ1v) is 5.89. The fourth-order valence-electron chi connectivity index (χ4n) is 1.28. The number of para-hydroxylation sites is 1. The average Bonchev–Trinajstić information content (AvgIpc) is 2.39. The van der Waals surface area contributed by atoms with Gasteiger partial charge in [0, 0.05) is 32.5 Å². The molecule has 0 radical (unpaired) electrons. The highest BCUT2D eigenvalue weighted by Crippen LogP contribution is 2.04. The van der Waals surface area contributed by atoms with Crippen molar-refractivity contribution in [2.45, 2.75) is 6.92 Å². The van der Waals surface area contributed by atoms with E-state index in [1.807, 2.05) is 31.3 Å². The van der Waals surface area contributed by atoms with E-state index in [4.69, 9.17) is 0 Å². The molecule has 1 aromatic carbocycles. The SMILES string of the molecule is CCN(C)/C=C\C(CNc1ccccc1)=NC. The Morgan fingerprint density at radius 3 is 2.65 bits per heavy atom. The van der Waals surface area contributed by atoms with Gasteiger partial charge >= 0.3 is 0 Å². The average molecular weight is 231 g/mol. The second-order valence-corrected chi connectivity index (χ2v) is 3.82. The highest BCUT2D eigenvalue weighted by atomic mass is 15.1. The molecule has 3 heteroatoms. The number of aliphatic imine (C=N–C) groups is 1. The summed E-state index contributed by atoms with van der Waals surface area (Å²) in [4.78, 5) is 6.37. The molecule has 1 N–H and O–H groups in total. The van der Waals surface area contributed by atoms with Crippen LogP contribution in [0, 0.1) is 0 Å². The summed E-state index contributed by atoms with van der Waals surface area (Å²) >= 11 is 0. The van der Waals surface area contributed by atoms with Crippen molar-refractivity contribution < 1.29 is 0 Å². The predicted molar refractivity (Wildman–Crippen MR) is 75.7 cm³/mol. The minimum absolute atomic E-state index is 0.745. The van der Waals surface area contributed by atoms with E-state index in [9.17, 15) is 0 Å². The van der Waals surface area contributed by atoms with Gasteiger partial charge in [0.25, 0.3) is 0 Å². The van der Waals surface area contributed by atoms with Crippen molar-refractivity contribution in [3.05, 3.63) is 42.6 Å². The smallest absolute Gasteiger partial charge is 0.0569 e. The molecular formula is C14H21N3. The highest BCUT2D eigenvalue weighted by molar-refractivity contribution is 5.97. The highest BCUT2D eigenvalue weighted by Gasteiger charge is 1.94.